The largest absolute Gasteiger partial charge is 0.296 e. The predicted octanol–water partition coefficient (Wildman–Crippen LogP) is 6.44. The average molecular weight is 790 g/mol. The summed E-state index contributed by atoms with van der Waals surface area (Å²) in [6, 6.07) is 5.69. The molecule has 0 bridgehead atoms. The van der Waals surface area contributed by atoms with Gasteiger partial charge in [-0.15, -0.1) is 0 Å². The first-order valence-electron chi connectivity index (χ1n) is 5.88. The van der Waals surface area contributed by atoms with Gasteiger partial charge in [0.1, 0.15) is 4.90 Å². The van der Waals surface area contributed by atoms with E-state index in [2.05, 4.69) is 95.6 Å². The van der Waals surface area contributed by atoms with Crippen molar-refractivity contribution in [3.8, 4) is 0 Å². The molecule has 0 radical (unpaired) electrons. The van der Waals surface area contributed by atoms with Crippen molar-refractivity contribution in [2.75, 3.05) is 0 Å². The van der Waals surface area contributed by atoms with Crippen molar-refractivity contribution in [1.82, 2.24) is 0 Å². The Morgan fingerprint density at radius 2 is 1.00 bits per heavy atom. The summed E-state index contributed by atoms with van der Waals surface area (Å²) in [5.41, 5.74) is 0. The van der Waals surface area contributed by atoms with Gasteiger partial charge in [-0.25, -0.2) is 0 Å². The van der Waals surface area contributed by atoms with Crippen molar-refractivity contribution in [1.29, 1.82) is 0 Å². The van der Waals surface area contributed by atoms with Gasteiger partial charge in [-0.3, -0.25) is 9.11 Å². The van der Waals surface area contributed by atoms with E-state index >= 15 is 0 Å². The van der Waals surface area contributed by atoms with Crippen LogP contribution in [-0.4, -0.2) is 25.9 Å². The zero-order valence-electron chi connectivity index (χ0n) is 11.9. The van der Waals surface area contributed by atoms with E-state index in [1.54, 1.807) is 0 Å². The Labute approximate surface area is 200 Å². The first-order chi connectivity index (χ1) is 11.6. The van der Waals surface area contributed by atoms with Gasteiger partial charge in [0.2, 0.25) is 0 Å². The standard InChI is InChI=1S/2C6H3Br3O3S/c7-4-1-3(13(10,11)12)2-5(8)6(4)9;7-3-1-4(8)6(5(9)2-3)13(10,11)12/h2*1-2H,(H,10,11,12). The maximum absolute atomic E-state index is 10.9. The quantitative estimate of drug-likeness (QED) is 0.268. The summed E-state index contributed by atoms with van der Waals surface area (Å²) in [5, 5.41) is 0. The molecule has 2 aromatic rings. The molecular formula is C12H6Br6O6S2. The van der Waals surface area contributed by atoms with Crippen molar-refractivity contribution >= 4 is 116 Å². The molecule has 0 amide bonds. The third-order valence-electron chi connectivity index (χ3n) is 2.48. The van der Waals surface area contributed by atoms with E-state index in [0.717, 1.165) is 0 Å². The van der Waals surface area contributed by atoms with Gasteiger partial charge >= 0.3 is 0 Å². The van der Waals surface area contributed by atoms with Crippen molar-refractivity contribution in [2.24, 2.45) is 0 Å². The van der Waals surface area contributed by atoms with Crippen LogP contribution in [0, 0.1) is 0 Å². The molecule has 0 heterocycles. The van der Waals surface area contributed by atoms with Crippen LogP contribution in [0.2, 0.25) is 0 Å². The van der Waals surface area contributed by atoms with Gasteiger partial charge in [-0.2, -0.15) is 16.8 Å². The smallest absolute Gasteiger partial charge is 0.282 e. The maximum atomic E-state index is 10.9. The van der Waals surface area contributed by atoms with Gasteiger partial charge in [0, 0.05) is 26.8 Å². The lowest BCUT2D eigenvalue weighted by Gasteiger charge is -2.04. The second kappa shape index (κ2) is 9.76. The van der Waals surface area contributed by atoms with Crippen molar-refractivity contribution in [2.45, 2.75) is 9.79 Å². The molecule has 0 aromatic heterocycles. The predicted molar refractivity (Wildman–Crippen MR) is 119 cm³/mol. The van der Waals surface area contributed by atoms with E-state index < -0.39 is 20.2 Å². The third-order valence-corrected chi connectivity index (χ3v) is 9.67. The van der Waals surface area contributed by atoms with Gasteiger partial charge < -0.3 is 0 Å². The SMILES string of the molecule is O=S(=O)(O)c1c(Br)cc(Br)cc1Br.O=S(=O)(O)c1cc(Br)c(Br)c(Br)c1. The number of rotatable bonds is 2. The van der Waals surface area contributed by atoms with E-state index in [9.17, 15) is 16.8 Å². The van der Waals surface area contributed by atoms with Crippen molar-refractivity contribution in [3.05, 3.63) is 51.1 Å². The molecule has 0 aliphatic heterocycles. The third kappa shape index (κ3) is 7.19. The lowest BCUT2D eigenvalue weighted by Crippen LogP contribution is -2.00. The van der Waals surface area contributed by atoms with Gasteiger partial charge in [-0.05, 0) is 104 Å². The van der Waals surface area contributed by atoms with E-state index in [-0.39, 0.29) is 9.79 Å². The highest BCUT2D eigenvalue weighted by Crippen LogP contribution is 2.34. The Balaban J connectivity index is 0.000000260. The Kier molecular flexibility index (Phi) is 9.45. The van der Waals surface area contributed by atoms with Crippen LogP contribution in [-0.2, 0) is 20.2 Å². The van der Waals surface area contributed by atoms with Crippen LogP contribution < -0.4 is 0 Å². The zero-order valence-corrected chi connectivity index (χ0v) is 23.1. The molecule has 0 saturated carbocycles. The Morgan fingerprint density at radius 3 is 1.31 bits per heavy atom. The molecule has 2 aromatic carbocycles. The minimum Gasteiger partial charge on any atom is -0.282 e. The first kappa shape index (κ1) is 25.2. The highest BCUT2D eigenvalue weighted by molar-refractivity contribution is 9.14. The van der Waals surface area contributed by atoms with Crippen LogP contribution in [0.3, 0.4) is 0 Å². The summed E-state index contributed by atoms with van der Waals surface area (Å²) in [7, 11) is -8.34. The van der Waals surface area contributed by atoms with Crippen LogP contribution in [0.1, 0.15) is 0 Å². The summed E-state index contributed by atoms with van der Waals surface area (Å²) >= 11 is 18.7. The van der Waals surface area contributed by atoms with E-state index in [0.29, 0.717) is 26.8 Å². The molecule has 26 heavy (non-hydrogen) atoms. The highest BCUT2D eigenvalue weighted by atomic mass is 79.9. The molecule has 14 heteroatoms. The van der Waals surface area contributed by atoms with E-state index in [1.807, 2.05) is 0 Å². The maximum Gasteiger partial charge on any atom is 0.296 e. The summed E-state index contributed by atoms with van der Waals surface area (Å²) in [6.45, 7) is 0. The molecule has 2 rings (SSSR count). The van der Waals surface area contributed by atoms with Gasteiger partial charge in [0.25, 0.3) is 20.2 Å². The Bertz CT molecular complexity index is 1010. The average Bonchev–Trinajstić information content (AvgIpc) is 2.41. The van der Waals surface area contributed by atoms with Crippen LogP contribution in [0.25, 0.3) is 0 Å². The van der Waals surface area contributed by atoms with Crippen LogP contribution in [0.4, 0.5) is 0 Å². The van der Waals surface area contributed by atoms with Gasteiger partial charge in [-0.1, -0.05) is 15.9 Å². The number of hydrogen-bond donors (Lipinski definition) is 2. The molecule has 0 atom stereocenters. The molecule has 0 saturated heterocycles. The van der Waals surface area contributed by atoms with Crippen LogP contribution in [0.15, 0.2) is 60.9 Å². The number of halogens is 6. The fraction of sp³-hybridized carbons (Fsp3) is 0. The monoisotopic (exact) mass is 783 g/mol. The number of benzene rings is 2. The molecule has 0 unspecified atom stereocenters. The fourth-order valence-corrected chi connectivity index (χ4v) is 7.81. The van der Waals surface area contributed by atoms with Crippen molar-refractivity contribution < 1.29 is 25.9 Å². The second-order valence-corrected chi connectivity index (χ2v) is 12.3. The van der Waals surface area contributed by atoms with Crippen molar-refractivity contribution in [3.63, 3.8) is 0 Å². The molecule has 0 aliphatic carbocycles. The topological polar surface area (TPSA) is 109 Å². The lowest BCUT2D eigenvalue weighted by atomic mass is 10.4. The first-order valence-corrected chi connectivity index (χ1v) is 13.5. The van der Waals surface area contributed by atoms with Crippen LogP contribution in [0.5, 0.6) is 0 Å². The summed E-state index contributed by atoms with van der Waals surface area (Å²) in [4.78, 5) is -0.329. The second-order valence-electron chi connectivity index (χ2n) is 4.35. The minimum atomic E-state index is -4.20. The number of hydrogen-bond acceptors (Lipinski definition) is 4. The highest BCUT2D eigenvalue weighted by Gasteiger charge is 2.18. The summed E-state index contributed by atoms with van der Waals surface area (Å²) < 4.78 is 63.9. The summed E-state index contributed by atoms with van der Waals surface area (Å²) in [5.74, 6) is 0. The lowest BCUT2D eigenvalue weighted by molar-refractivity contribution is 0.480. The molecule has 0 aliphatic rings. The molecule has 0 spiro atoms. The molecular weight excluding hydrogens is 784 g/mol. The minimum absolute atomic E-state index is 0.158. The molecule has 2 N–H and O–H groups in total. The van der Waals surface area contributed by atoms with Gasteiger partial charge in [0.15, 0.2) is 0 Å². The van der Waals surface area contributed by atoms with E-state index in [1.165, 1.54) is 24.3 Å². The normalized spacial score (nSPS) is 11.7. The fourth-order valence-electron chi connectivity index (χ4n) is 1.46. The van der Waals surface area contributed by atoms with Gasteiger partial charge in [0.05, 0.1) is 4.90 Å². The Morgan fingerprint density at radius 1 is 0.615 bits per heavy atom. The molecule has 6 nitrogen and oxygen atoms in total. The summed E-state index contributed by atoms with van der Waals surface area (Å²) in [6.07, 6.45) is 0. The van der Waals surface area contributed by atoms with E-state index in [4.69, 9.17) is 9.11 Å². The zero-order chi connectivity index (χ0) is 20.4. The molecule has 144 valence electrons. The van der Waals surface area contributed by atoms with Crippen LogP contribution >= 0.6 is 95.6 Å². The Hall–Kier alpha value is 1.14. The molecule has 0 fully saturated rings.